The van der Waals surface area contributed by atoms with Crippen molar-refractivity contribution in [2.24, 2.45) is 17.8 Å². The molecule has 2 atom stereocenters. The monoisotopic (exact) mass is 464 g/mol. The van der Waals surface area contributed by atoms with Crippen LogP contribution in [0.15, 0.2) is 48.5 Å². The largest absolute Gasteiger partial charge is 0.481 e. The van der Waals surface area contributed by atoms with E-state index in [2.05, 4.69) is 29.6 Å². The predicted molar refractivity (Wildman–Crippen MR) is 128 cm³/mol. The van der Waals surface area contributed by atoms with Crippen LogP contribution >= 0.6 is 0 Å². The van der Waals surface area contributed by atoms with Gasteiger partial charge in [-0.25, -0.2) is 4.79 Å². The molecule has 1 aliphatic carbocycles. The fraction of sp³-hybridized carbons (Fsp3) is 0.444. The zero-order chi connectivity index (χ0) is 24.4. The lowest BCUT2D eigenvalue weighted by molar-refractivity contribution is -0.149. The van der Waals surface area contributed by atoms with Crippen LogP contribution < -0.4 is 5.32 Å². The van der Waals surface area contributed by atoms with Gasteiger partial charge in [-0.1, -0.05) is 62.4 Å². The maximum Gasteiger partial charge on any atom is 0.407 e. The van der Waals surface area contributed by atoms with Gasteiger partial charge in [-0.05, 0) is 35.1 Å². The number of carbonyl (C=O) groups is 3. The Labute approximate surface area is 200 Å². The standard InChI is InChI=1S/C27H32N2O5/c1-16(2)25(26(32)29-13-18(14-29)12-24(30)31)17(3)28-27(33)34-15-23-21-10-6-4-8-19(21)20-9-5-7-11-22(20)23/h4-11,16-18,23,25H,12-15H2,1-3H3,(H,28,33)(H,30,31). The number of fused-ring (bicyclic) bond motifs is 3. The van der Waals surface area contributed by atoms with Crippen molar-refractivity contribution >= 4 is 18.0 Å². The van der Waals surface area contributed by atoms with Crippen LogP contribution in [0.2, 0.25) is 0 Å². The highest BCUT2D eigenvalue weighted by Gasteiger charge is 2.39. The van der Waals surface area contributed by atoms with Gasteiger partial charge < -0.3 is 20.1 Å². The number of carbonyl (C=O) groups excluding carboxylic acids is 2. The Balaban J connectivity index is 1.35. The number of nitrogens with one attached hydrogen (secondary N) is 1. The van der Waals surface area contributed by atoms with Crippen LogP contribution in [0.1, 0.15) is 44.2 Å². The van der Waals surface area contributed by atoms with Gasteiger partial charge in [0.2, 0.25) is 5.91 Å². The van der Waals surface area contributed by atoms with Crippen molar-refractivity contribution < 1.29 is 24.2 Å². The van der Waals surface area contributed by atoms with Crippen molar-refractivity contribution in [1.29, 1.82) is 0 Å². The first-order valence-electron chi connectivity index (χ1n) is 11.9. The van der Waals surface area contributed by atoms with E-state index in [0.29, 0.717) is 13.1 Å². The first kappa shape index (κ1) is 23.8. The molecule has 2 aliphatic rings. The van der Waals surface area contributed by atoms with E-state index in [1.807, 2.05) is 45.0 Å². The predicted octanol–water partition coefficient (Wildman–Crippen LogP) is 4.12. The molecule has 0 radical (unpaired) electrons. The quantitative estimate of drug-likeness (QED) is 0.613. The molecule has 7 heteroatoms. The molecule has 2 aromatic carbocycles. The molecule has 7 nitrogen and oxygen atoms in total. The summed E-state index contributed by atoms with van der Waals surface area (Å²) in [5.41, 5.74) is 4.63. The van der Waals surface area contributed by atoms with Gasteiger partial charge in [0.05, 0.1) is 12.3 Å². The lowest BCUT2D eigenvalue weighted by Gasteiger charge is -2.42. The normalized spacial score (nSPS) is 16.9. The zero-order valence-electron chi connectivity index (χ0n) is 19.9. The van der Waals surface area contributed by atoms with Gasteiger partial charge in [0.15, 0.2) is 0 Å². The third kappa shape index (κ3) is 4.79. The van der Waals surface area contributed by atoms with E-state index >= 15 is 0 Å². The number of amides is 2. The van der Waals surface area contributed by atoms with Crippen molar-refractivity contribution in [3.63, 3.8) is 0 Å². The Kier molecular flexibility index (Phi) is 6.91. The minimum atomic E-state index is -0.845. The van der Waals surface area contributed by atoms with Crippen molar-refractivity contribution in [3.8, 4) is 11.1 Å². The SMILES string of the molecule is CC(C)C(C(=O)N1CC(CC(=O)O)C1)C(C)NC(=O)OCC1c2ccccc2-c2ccccc21. The summed E-state index contributed by atoms with van der Waals surface area (Å²) in [6.07, 6.45) is -0.468. The Bertz CT molecular complexity index is 1030. The van der Waals surface area contributed by atoms with Gasteiger partial charge >= 0.3 is 12.1 Å². The highest BCUT2D eigenvalue weighted by atomic mass is 16.5. The minimum Gasteiger partial charge on any atom is -0.481 e. The Morgan fingerprint density at radius 3 is 2.09 bits per heavy atom. The molecule has 0 aromatic heterocycles. The number of alkyl carbamates (subject to hydrolysis) is 1. The summed E-state index contributed by atoms with van der Waals surface area (Å²) >= 11 is 0. The maximum atomic E-state index is 13.0. The summed E-state index contributed by atoms with van der Waals surface area (Å²) in [7, 11) is 0. The Hall–Kier alpha value is -3.35. The first-order chi connectivity index (χ1) is 16.3. The van der Waals surface area contributed by atoms with Crippen LogP contribution in [-0.4, -0.2) is 53.7 Å². The highest BCUT2D eigenvalue weighted by molar-refractivity contribution is 5.82. The van der Waals surface area contributed by atoms with E-state index < -0.39 is 24.0 Å². The lowest BCUT2D eigenvalue weighted by Crippen LogP contribution is -2.56. The van der Waals surface area contributed by atoms with E-state index in [4.69, 9.17) is 9.84 Å². The second kappa shape index (κ2) is 9.87. The molecule has 1 fully saturated rings. The van der Waals surface area contributed by atoms with Gasteiger partial charge in [-0.3, -0.25) is 9.59 Å². The van der Waals surface area contributed by atoms with Gasteiger partial charge in [-0.2, -0.15) is 0 Å². The third-order valence-electron chi connectivity index (χ3n) is 6.96. The average Bonchev–Trinajstić information content (AvgIpc) is 3.08. The number of benzene rings is 2. The van der Waals surface area contributed by atoms with Gasteiger partial charge in [0, 0.05) is 31.0 Å². The smallest absolute Gasteiger partial charge is 0.407 e. The number of rotatable bonds is 8. The van der Waals surface area contributed by atoms with E-state index in [1.165, 1.54) is 11.1 Å². The van der Waals surface area contributed by atoms with Crippen molar-refractivity contribution in [1.82, 2.24) is 10.2 Å². The molecular formula is C27H32N2O5. The summed E-state index contributed by atoms with van der Waals surface area (Å²) in [5, 5.41) is 11.8. The topological polar surface area (TPSA) is 95.9 Å². The summed E-state index contributed by atoms with van der Waals surface area (Å²) < 4.78 is 5.64. The fourth-order valence-corrected chi connectivity index (χ4v) is 5.33. The van der Waals surface area contributed by atoms with E-state index in [1.54, 1.807) is 4.90 Å². The summed E-state index contributed by atoms with van der Waals surface area (Å²) in [6, 6.07) is 15.9. The molecule has 34 heavy (non-hydrogen) atoms. The van der Waals surface area contributed by atoms with Crippen molar-refractivity contribution in [2.45, 2.75) is 39.2 Å². The number of likely N-dealkylation sites (tertiary alicyclic amines) is 1. The second-order valence-corrected chi connectivity index (χ2v) is 9.74. The molecule has 0 bridgehead atoms. The number of hydrogen-bond donors (Lipinski definition) is 2. The zero-order valence-corrected chi connectivity index (χ0v) is 19.9. The third-order valence-corrected chi connectivity index (χ3v) is 6.96. The molecule has 1 heterocycles. The number of nitrogens with zero attached hydrogens (tertiary/aromatic N) is 1. The van der Waals surface area contributed by atoms with Crippen molar-refractivity contribution in [2.75, 3.05) is 19.7 Å². The number of ether oxygens (including phenoxy) is 1. The number of hydrogen-bond acceptors (Lipinski definition) is 4. The first-order valence-corrected chi connectivity index (χ1v) is 11.9. The number of carboxylic acid groups (broad SMARTS) is 1. The van der Waals surface area contributed by atoms with E-state index in [0.717, 1.165) is 11.1 Å². The molecule has 1 saturated heterocycles. The van der Waals surface area contributed by atoms with E-state index in [-0.39, 0.29) is 36.7 Å². The molecule has 2 unspecified atom stereocenters. The molecule has 0 spiro atoms. The van der Waals surface area contributed by atoms with Gasteiger partial charge in [0.1, 0.15) is 6.61 Å². The summed E-state index contributed by atoms with van der Waals surface area (Å²) in [4.78, 5) is 38.3. The fourth-order valence-electron chi connectivity index (χ4n) is 5.33. The van der Waals surface area contributed by atoms with Crippen molar-refractivity contribution in [3.05, 3.63) is 59.7 Å². The molecule has 180 valence electrons. The molecule has 2 amide bonds. The maximum absolute atomic E-state index is 13.0. The highest BCUT2D eigenvalue weighted by Crippen LogP contribution is 2.44. The van der Waals surface area contributed by atoms with Crippen LogP contribution in [0, 0.1) is 17.8 Å². The Morgan fingerprint density at radius 2 is 1.56 bits per heavy atom. The lowest BCUT2D eigenvalue weighted by atomic mass is 9.85. The van der Waals surface area contributed by atoms with Gasteiger partial charge in [0.25, 0.3) is 0 Å². The molecule has 1 aliphatic heterocycles. The van der Waals surface area contributed by atoms with Crippen LogP contribution in [0.3, 0.4) is 0 Å². The second-order valence-electron chi connectivity index (χ2n) is 9.74. The molecule has 4 rings (SSSR count). The molecule has 2 N–H and O–H groups in total. The van der Waals surface area contributed by atoms with Crippen LogP contribution in [0.25, 0.3) is 11.1 Å². The molecule has 0 saturated carbocycles. The summed E-state index contributed by atoms with van der Waals surface area (Å²) in [6.45, 7) is 6.84. The molecular weight excluding hydrogens is 432 g/mol. The average molecular weight is 465 g/mol. The van der Waals surface area contributed by atoms with Gasteiger partial charge in [-0.15, -0.1) is 0 Å². The number of carboxylic acids is 1. The molecule has 2 aromatic rings. The van der Waals surface area contributed by atoms with Crippen LogP contribution in [0.5, 0.6) is 0 Å². The summed E-state index contributed by atoms with van der Waals surface area (Å²) in [5.74, 6) is -1.32. The minimum absolute atomic E-state index is 0.000315. The Morgan fingerprint density at radius 1 is 1.00 bits per heavy atom. The number of aliphatic carboxylic acids is 1. The van der Waals surface area contributed by atoms with Crippen LogP contribution in [0.4, 0.5) is 4.79 Å². The van der Waals surface area contributed by atoms with E-state index in [9.17, 15) is 14.4 Å². The van der Waals surface area contributed by atoms with Crippen LogP contribution in [-0.2, 0) is 14.3 Å².